The van der Waals surface area contributed by atoms with Crippen molar-refractivity contribution in [2.75, 3.05) is 15.4 Å². The summed E-state index contributed by atoms with van der Waals surface area (Å²) in [6, 6.07) is 18.1. The Morgan fingerprint density at radius 3 is 2.47 bits per heavy atom. The van der Waals surface area contributed by atoms with E-state index in [1.165, 1.54) is 6.07 Å². The number of rotatable bonds is 5. The van der Waals surface area contributed by atoms with Gasteiger partial charge in [0.25, 0.3) is 10.0 Å². The van der Waals surface area contributed by atoms with E-state index >= 15 is 0 Å². The van der Waals surface area contributed by atoms with Crippen molar-refractivity contribution in [3.63, 3.8) is 0 Å². The van der Waals surface area contributed by atoms with Crippen LogP contribution < -0.4 is 15.4 Å². The second kappa shape index (κ2) is 8.64. The number of carbonyl (C=O) groups excluding carboxylic acids is 2. The van der Waals surface area contributed by atoms with E-state index in [-0.39, 0.29) is 23.1 Å². The summed E-state index contributed by atoms with van der Waals surface area (Å²) in [5.41, 5.74) is 2.53. The molecule has 2 amide bonds. The van der Waals surface area contributed by atoms with E-state index in [9.17, 15) is 18.0 Å². The Balaban J connectivity index is 1.58. The van der Waals surface area contributed by atoms with Gasteiger partial charge < -0.3 is 10.6 Å². The van der Waals surface area contributed by atoms with Gasteiger partial charge in [-0.15, -0.1) is 0 Å². The quantitative estimate of drug-likeness (QED) is 0.511. The summed E-state index contributed by atoms with van der Waals surface area (Å²) in [5, 5.41) is 6.00. The van der Waals surface area contributed by atoms with Crippen molar-refractivity contribution in [3.05, 3.63) is 82.9 Å². The lowest BCUT2D eigenvalue weighted by Crippen LogP contribution is -2.30. The number of anilines is 3. The first-order chi connectivity index (χ1) is 15.2. The second-order valence-electron chi connectivity index (χ2n) is 7.47. The molecule has 1 aliphatic rings. The highest BCUT2D eigenvalue weighted by Gasteiger charge is 2.30. The van der Waals surface area contributed by atoms with E-state index in [1.807, 2.05) is 0 Å². The third-order valence-corrected chi connectivity index (χ3v) is 6.93. The third-order valence-electron chi connectivity index (χ3n) is 5.16. The molecule has 0 saturated carbocycles. The Hall–Kier alpha value is -3.36. The van der Waals surface area contributed by atoms with Gasteiger partial charge in [-0.25, -0.2) is 8.42 Å². The predicted molar refractivity (Wildman–Crippen MR) is 124 cm³/mol. The largest absolute Gasteiger partial charge is 0.326 e. The molecule has 1 aliphatic heterocycles. The van der Waals surface area contributed by atoms with Gasteiger partial charge in [-0.2, -0.15) is 0 Å². The zero-order valence-corrected chi connectivity index (χ0v) is 18.6. The highest BCUT2D eigenvalue weighted by Crippen LogP contribution is 2.33. The zero-order valence-electron chi connectivity index (χ0n) is 17.1. The number of carbonyl (C=O) groups is 2. The molecule has 0 radical (unpaired) electrons. The van der Waals surface area contributed by atoms with E-state index in [4.69, 9.17) is 11.6 Å². The number of halogens is 1. The maximum Gasteiger partial charge on any atom is 0.262 e. The van der Waals surface area contributed by atoms with E-state index in [0.29, 0.717) is 33.2 Å². The van der Waals surface area contributed by atoms with Crippen LogP contribution in [0.4, 0.5) is 17.1 Å². The summed E-state index contributed by atoms with van der Waals surface area (Å²) < 4.78 is 28.4. The van der Waals surface area contributed by atoms with Crippen molar-refractivity contribution in [1.29, 1.82) is 0 Å². The Morgan fingerprint density at radius 2 is 1.72 bits per heavy atom. The third kappa shape index (κ3) is 4.61. The molecule has 0 aliphatic carbocycles. The van der Waals surface area contributed by atoms with Gasteiger partial charge in [-0.05, 0) is 60.5 Å². The first-order valence-corrected chi connectivity index (χ1v) is 11.7. The Labute approximate surface area is 190 Å². The Bertz CT molecular complexity index is 1310. The number of hydrogen-bond acceptors (Lipinski definition) is 4. The minimum absolute atomic E-state index is 0.0119. The molecular weight excluding hydrogens is 450 g/mol. The maximum atomic E-state index is 13.0. The van der Waals surface area contributed by atoms with Crippen molar-refractivity contribution in [3.8, 4) is 0 Å². The molecule has 9 heteroatoms. The molecule has 32 heavy (non-hydrogen) atoms. The van der Waals surface area contributed by atoms with Crippen LogP contribution in [0.3, 0.4) is 0 Å². The number of benzene rings is 3. The molecular formula is C23H20ClN3O4S. The van der Waals surface area contributed by atoms with Crippen molar-refractivity contribution in [2.24, 2.45) is 0 Å². The molecule has 4 rings (SSSR count). The molecule has 3 aromatic carbocycles. The van der Waals surface area contributed by atoms with Crippen LogP contribution in [0.5, 0.6) is 0 Å². The minimum atomic E-state index is -3.91. The fourth-order valence-electron chi connectivity index (χ4n) is 3.57. The van der Waals surface area contributed by atoms with Gasteiger partial charge in [0.1, 0.15) is 0 Å². The highest BCUT2D eigenvalue weighted by molar-refractivity contribution is 7.92. The number of sulfonamides is 1. The van der Waals surface area contributed by atoms with Gasteiger partial charge >= 0.3 is 0 Å². The normalized spacial score (nSPS) is 15.4. The van der Waals surface area contributed by atoms with Crippen LogP contribution in [0.25, 0.3) is 0 Å². The van der Waals surface area contributed by atoms with Gasteiger partial charge in [0.15, 0.2) is 0 Å². The smallest absolute Gasteiger partial charge is 0.262 e. The molecule has 0 bridgehead atoms. The topological polar surface area (TPSA) is 104 Å². The van der Waals surface area contributed by atoms with Crippen LogP contribution >= 0.6 is 11.6 Å². The van der Waals surface area contributed by atoms with Crippen LogP contribution in [0.15, 0.2) is 71.6 Å². The standard InChI is InChI=1S/C23H20ClN3O4S/c1-14-6-9-17(12-21(14)32(30,31)27-16-10-7-15(24)8-11-16)25-23(29)19-13-22(28)26-20-5-3-2-4-18(19)20/h2-12,19,27H,13H2,1H3,(H,25,29)(H,26,28)/t19-/m0/s1. The summed E-state index contributed by atoms with van der Waals surface area (Å²) in [4.78, 5) is 25.0. The van der Waals surface area contributed by atoms with Gasteiger partial charge in [0, 0.05) is 28.5 Å². The molecule has 7 nitrogen and oxygen atoms in total. The number of aryl methyl sites for hydroxylation is 1. The van der Waals surface area contributed by atoms with Crippen molar-refractivity contribution in [2.45, 2.75) is 24.2 Å². The summed E-state index contributed by atoms with van der Waals surface area (Å²) >= 11 is 5.86. The first kappa shape index (κ1) is 21.9. The van der Waals surface area contributed by atoms with Crippen molar-refractivity contribution in [1.82, 2.24) is 0 Å². The fourth-order valence-corrected chi connectivity index (χ4v) is 5.03. The monoisotopic (exact) mass is 469 g/mol. The average Bonchev–Trinajstić information content (AvgIpc) is 2.75. The van der Waals surface area contributed by atoms with Crippen molar-refractivity contribution < 1.29 is 18.0 Å². The first-order valence-electron chi connectivity index (χ1n) is 9.81. The van der Waals surface area contributed by atoms with Crippen LogP contribution in [-0.4, -0.2) is 20.2 Å². The van der Waals surface area contributed by atoms with E-state index in [0.717, 1.165) is 0 Å². The molecule has 1 heterocycles. The fraction of sp³-hybridized carbons (Fsp3) is 0.130. The lowest BCUT2D eigenvalue weighted by atomic mass is 9.90. The molecule has 3 aromatic rings. The summed E-state index contributed by atoms with van der Waals surface area (Å²) in [5.74, 6) is -1.30. The molecule has 0 saturated heterocycles. The molecule has 164 valence electrons. The lowest BCUT2D eigenvalue weighted by Gasteiger charge is -2.25. The molecule has 1 atom stereocenters. The Kier molecular flexibility index (Phi) is 5.90. The summed E-state index contributed by atoms with van der Waals surface area (Å²) in [7, 11) is -3.91. The molecule has 0 aromatic heterocycles. The van der Waals surface area contributed by atoms with Crippen LogP contribution in [0.2, 0.25) is 5.02 Å². The number of fused-ring (bicyclic) bond motifs is 1. The molecule has 0 unspecified atom stereocenters. The molecule has 0 spiro atoms. The molecule has 0 fully saturated rings. The minimum Gasteiger partial charge on any atom is -0.326 e. The zero-order chi connectivity index (χ0) is 22.9. The van der Waals surface area contributed by atoms with Crippen LogP contribution in [0, 0.1) is 6.92 Å². The highest BCUT2D eigenvalue weighted by atomic mass is 35.5. The maximum absolute atomic E-state index is 13.0. The van der Waals surface area contributed by atoms with Gasteiger partial charge in [0.2, 0.25) is 11.8 Å². The number of nitrogens with one attached hydrogen (secondary N) is 3. The lowest BCUT2D eigenvalue weighted by molar-refractivity contribution is -0.123. The SMILES string of the molecule is Cc1ccc(NC(=O)[C@H]2CC(=O)Nc3ccccc32)cc1S(=O)(=O)Nc1ccc(Cl)cc1. The van der Waals surface area contributed by atoms with Crippen LogP contribution in [0.1, 0.15) is 23.5 Å². The average molecular weight is 470 g/mol. The van der Waals surface area contributed by atoms with E-state index < -0.39 is 15.9 Å². The van der Waals surface area contributed by atoms with E-state index in [2.05, 4.69) is 15.4 Å². The van der Waals surface area contributed by atoms with Gasteiger partial charge in [0.05, 0.1) is 10.8 Å². The summed E-state index contributed by atoms with van der Waals surface area (Å²) in [6.07, 6.45) is 0.0119. The summed E-state index contributed by atoms with van der Waals surface area (Å²) in [6.45, 7) is 1.67. The van der Waals surface area contributed by atoms with E-state index in [1.54, 1.807) is 67.6 Å². The number of hydrogen-bond donors (Lipinski definition) is 3. The molecule has 3 N–H and O–H groups in total. The van der Waals surface area contributed by atoms with Crippen molar-refractivity contribution >= 4 is 50.5 Å². The second-order valence-corrected chi connectivity index (χ2v) is 9.56. The van der Waals surface area contributed by atoms with Crippen LogP contribution in [-0.2, 0) is 19.6 Å². The Morgan fingerprint density at radius 1 is 1.03 bits per heavy atom. The number of para-hydroxylation sites is 1. The number of amides is 2. The van der Waals surface area contributed by atoms with Gasteiger partial charge in [-0.1, -0.05) is 35.9 Å². The van der Waals surface area contributed by atoms with Gasteiger partial charge in [-0.3, -0.25) is 14.3 Å². The predicted octanol–water partition coefficient (Wildman–Crippen LogP) is 4.51.